The van der Waals surface area contributed by atoms with Crippen molar-refractivity contribution >= 4 is 35.8 Å². The first kappa shape index (κ1) is 52.7. The SMILES string of the molecule is CCCCCCC(CCCCCC)(C(=O)O)C(O)(C(=O)O)C(CCCCCCC(C(=O)O)C(O)(C(=O)O)C(CCCCCC)(CCCCCC)C(=O)O)C(=O)O. The van der Waals surface area contributed by atoms with Crippen LogP contribution in [0, 0.1) is 22.7 Å². The third kappa shape index (κ3) is 13.7. The lowest BCUT2D eigenvalue weighted by Crippen LogP contribution is -2.64. The second-order valence-corrected chi connectivity index (χ2v) is 15.9. The van der Waals surface area contributed by atoms with Gasteiger partial charge in [-0.3, -0.25) is 19.2 Å². The van der Waals surface area contributed by atoms with E-state index in [2.05, 4.69) is 0 Å². The summed E-state index contributed by atoms with van der Waals surface area (Å²) in [6.45, 7) is 7.80. The standard InChI is InChI=1S/C42H74O14/c1-5-9-13-21-27-39(35(47)48,28-22-14-10-6-2)41(55,37(51)52)31(33(43)44)25-19-17-18-20-26-32(34(45)46)42(56,38(53)54)40(36(49)50,29-23-15-11-7-3)30-24-16-12-8-4/h31-32,55-56H,5-30H2,1-4H3,(H,43,44)(H,45,46)(H,47,48)(H,49,50)(H,51,52)(H,53,54). The van der Waals surface area contributed by atoms with E-state index in [0.717, 1.165) is 51.4 Å². The van der Waals surface area contributed by atoms with E-state index < -0.39 is 82.5 Å². The number of aliphatic carboxylic acids is 6. The zero-order valence-corrected chi connectivity index (χ0v) is 34.6. The Balaban J connectivity index is 6.43. The molecule has 0 saturated carbocycles. The lowest BCUT2D eigenvalue weighted by Gasteiger charge is -2.45. The van der Waals surface area contributed by atoms with Gasteiger partial charge in [0, 0.05) is 0 Å². The second kappa shape index (κ2) is 26.6. The Bertz CT molecular complexity index is 1100. The van der Waals surface area contributed by atoms with E-state index in [1.165, 1.54) is 0 Å². The van der Waals surface area contributed by atoms with E-state index in [1.807, 2.05) is 27.7 Å². The van der Waals surface area contributed by atoms with Gasteiger partial charge in [0.2, 0.25) is 0 Å². The van der Waals surface area contributed by atoms with Crippen LogP contribution in [-0.2, 0) is 28.8 Å². The van der Waals surface area contributed by atoms with Crippen LogP contribution in [0.3, 0.4) is 0 Å². The van der Waals surface area contributed by atoms with Crippen molar-refractivity contribution in [2.75, 3.05) is 0 Å². The molecule has 0 aliphatic heterocycles. The Morgan fingerprint density at radius 1 is 0.357 bits per heavy atom. The van der Waals surface area contributed by atoms with Crippen LogP contribution < -0.4 is 0 Å². The van der Waals surface area contributed by atoms with Crippen molar-refractivity contribution in [3.05, 3.63) is 0 Å². The monoisotopic (exact) mass is 803 g/mol. The van der Waals surface area contributed by atoms with E-state index in [9.17, 15) is 69.6 Å². The van der Waals surface area contributed by atoms with Crippen LogP contribution in [-0.4, -0.2) is 87.9 Å². The van der Waals surface area contributed by atoms with E-state index in [1.54, 1.807) is 0 Å². The highest BCUT2D eigenvalue weighted by molar-refractivity contribution is 5.94. The maximum absolute atomic E-state index is 13.0. The summed E-state index contributed by atoms with van der Waals surface area (Å²) < 4.78 is 0. The predicted molar refractivity (Wildman–Crippen MR) is 210 cm³/mol. The quantitative estimate of drug-likeness (QED) is 0.0274. The van der Waals surface area contributed by atoms with Crippen molar-refractivity contribution in [2.45, 2.75) is 206 Å². The summed E-state index contributed by atoms with van der Waals surface area (Å²) in [7, 11) is 0. The first-order valence-electron chi connectivity index (χ1n) is 21.2. The molecule has 0 spiro atoms. The average molecular weight is 803 g/mol. The van der Waals surface area contributed by atoms with Gasteiger partial charge in [-0.2, -0.15) is 0 Å². The van der Waals surface area contributed by atoms with Crippen molar-refractivity contribution < 1.29 is 69.6 Å². The highest BCUT2D eigenvalue weighted by Gasteiger charge is 2.66. The maximum Gasteiger partial charge on any atom is 0.337 e. The first-order chi connectivity index (χ1) is 26.4. The second-order valence-electron chi connectivity index (χ2n) is 15.9. The molecule has 0 aromatic heterocycles. The van der Waals surface area contributed by atoms with Crippen LogP contribution in [0.2, 0.25) is 0 Å². The molecule has 56 heavy (non-hydrogen) atoms. The highest BCUT2D eigenvalue weighted by atomic mass is 16.4. The summed E-state index contributed by atoms with van der Waals surface area (Å²) in [4.78, 5) is 77.2. The van der Waals surface area contributed by atoms with Crippen molar-refractivity contribution in [3.8, 4) is 0 Å². The molecule has 326 valence electrons. The lowest BCUT2D eigenvalue weighted by atomic mass is 9.59. The Hall–Kier alpha value is -3.26. The molecule has 0 aromatic rings. The van der Waals surface area contributed by atoms with Gasteiger partial charge < -0.3 is 40.9 Å². The lowest BCUT2D eigenvalue weighted by molar-refractivity contribution is -0.208. The smallest absolute Gasteiger partial charge is 0.337 e. The largest absolute Gasteiger partial charge is 0.481 e. The number of hydrogen-bond donors (Lipinski definition) is 8. The molecule has 0 fully saturated rings. The molecule has 0 amide bonds. The topological polar surface area (TPSA) is 264 Å². The molecule has 0 aliphatic rings. The van der Waals surface area contributed by atoms with Crippen molar-refractivity contribution in [1.29, 1.82) is 0 Å². The fourth-order valence-corrected chi connectivity index (χ4v) is 8.63. The van der Waals surface area contributed by atoms with E-state index in [-0.39, 0.29) is 77.0 Å². The normalized spacial score (nSPS) is 15.3. The zero-order valence-electron chi connectivity index (χ0n) is 34.6. The molecule has 0 aliphatic carbocycles. The summed E-state index contributed by atoms with van der Waals surface area (Å²) in [6, 6.07) is 0. The highest BCUT2D eigenvalue weighted by Crippen LogP contribution is 2.50. The van der Waals surface area contributed by atoms with Crippen LogP contribution in [0.5, 0.6) is 0 Å². The predicted octanol–water partition coefficient (Wildman–Crippen LogP) is 8.38. The van der Waals surface area contributed by atoms with Crippen molar-refractivity contribution in [3.63, 3.8) is 0 Å². The maximum atomic E-state index is 13.0. The summed E-state index contributed by atoms with van der Waals surface area (Å²) in [5.41, 5.74) is -10.8. The Morgan fingerprint density at radius 3 is 0.768 bits per heavy atom. The molecule has 0 rings (SSSR count). The third-order valence-electron chi connectivity index (χ3n) is 12.1. The number of carbonyl (C=O) groups is 6. The van der Waals surface area contributed by atoms with Crippen molar-refractivity contribution in [1.82, 2.24) is 0 Å². The van der Waals surface area contributed by atoms with Crippen LogP contribution in [0.25, 0.3) is 0 Å². The zero-order chi connectivity index (χ0) is 43.0. The van der Waals surface area contributed by atoms with Gasteiger partial charge >= 0.3 is 35.8 Å². The minimum absolute atomic E-state index is 0.00276. The summed E-state index contributed by atoms with van der Waals surface area (Å²) >= 11 is 0. The number of carboxylic acid groups (broad SMARTS) is 6. The summed E-state index contributed by atoms with van der Waals surface area (Å²) in [5, 5.41) is 86.5. The van der Waals surface area contributed by atoms with Gasteiger partial charge in [0.1, 0.15) is 10.8 Å². The van der Waals surface area contributed by atoms with E-state index >= 15 is 0 Å². The van der Waals surface area contributed by atoms with Gasteiger partial charge in [0.15, 0.2) is 11.2 Å². The Labute approximate surface area is 333 Å². The average Bonchev–Trinajstić information content (AvgIpc) is 3.13. The fraction of sp³-hybridized carbons (Fsp3) is 0.857. The molecule has 4 atom stereocenters. The van der Waals surface area contributed by atoms with Gasteiger partial charge in [0.25, 0.3) is 0 Å². The Kier molecular flexibility index (Phi) is 25.1. The molecular weight excluding hydrogens is 728 g/mol. The molecule has 14 heteroatoms. The minimum Gasteiger partial charge on any atom is -0.481 e. The fourth-order valence-electron chi connectivity index (χ4n) is 8.63. The molecular formula is C42H74O14. The van der Waals surface area contributed by atoms with Crippen LogP contribution in [0.4, 0.5) is 0 Å². The van der Waals surface area contributed by atoms with Gasteiger partial charge in [-0.25, -0.2) is 9.59 Å². The van der Waals surface area contributed by atoms with Gasteiger partial charge in [0.05, 0.1) is 11.8 Å². The number of unbranched alkanes of at least 4 members (excludes halogenated alkanes) is 15. The van der Waals surface area contributed by atoms with Crippen LogP contribution in [0.15, 0.2) is 0 Å². The molecule has 14 nitrogen and oxygen atoms in total. The number of aliphatic hydroxyl groups is 2. The summed E-state index contributed by atoms with van der Waals surface area (Å²) in [6.07, 6.45) is 8.35. The molecule has 0 radical (unpaired) electrons. The molecule has 0 bridgehead atoms. The van der Waals surface area contributed by atoms with E-state index in [0.29, 0.717) is 25.7 Å². The molecule has 0 aromatic carbocycles. The van der Waals surface area contributed by atoms with E-state index in [4.69, 9.17) is 0 Å². The number of rotatable bonds is 37. The summed E-state index contributed by atoms with van der Waals surface area (Å²) in [5.74, 6) is -14.3. The van der Waals surface area contributed by atoms with Crippen molar-refractivity contribution in [2.24, 2.45) is 22.7 Å². The van der Waals surface area contributed by atoms with Gasteiger partial charge in [-0.05, 0) is 38.5 Å². The Morgan fingerprint density at radius 2 is 0.589 bits per heavy atom. The molecule has 8 N–H and O–H groups in total. The van der Waals surface area contributed by atoms with Crippen LogP contribution >= 0.6 is 0 Å². The third-order valence-corrected chi connectivity index (χ3v) is 12.1. The minimum atomic E-state index is -3.15. The number of hydrogen-bond acceptors (Lipinski definition) is 8. The molecule has 4 unspecified atom stereocenters. The van der Waals surface area contributed by atoms with Crippen LogP contribution in [0.1, 0.15) is 195 Å². The molecule has 0 saturated heterocycles. The number of carboxylic acids is 6. The van der Waals surface area contributed by atoms with Gasteiger partial charge in [-0.1, -0.05) is 156 Å². The van der Waals surface area contributed by atoms with Gasteiger partial charge in [-0.15, -0.1) is 0 Å². The first-order valence-corrected chi connectivity index (χ1v) is 21.2. The molecule has 0 heterocycles.